The smallest absolute Gasteiger partial charge is 0.237 e. The Bertz CT molecular complexity index is 650. The van der Waals surface area contributed by atoms with Crippen molar-refractivity contribution in [2.45, 2.75) is 64.0 Å². The molecule has 1 atom stereocenters. The molecule has 1 saturated heterocycles. The first-order chi connectivity index (χ1) is 13.0. The topological polar surface area (TPSA) is 81.7 Å². The lowest BCUT2D eigenvalue weighted by molar-refractivity contribution is -0.128. The van der Waals surface area contributed by atoms with Crippen molar-refractivity contribution in [3.63, 3.8) is 0 Å². The van der Waals surface area contributed by atoms with Crippen molar-refractivity contribution in [1.82, 2.24) is 10.2 Å². The zero-order chi connectivity index (χ0) is 19.2. The van der Waals surface area contributed by atoms with Crippen molar-refractivity contribution < 1.29 is 14.7 Å². The zero-order valence-electron chi connectivity index (χ0n) is 16.1. The van der Waals surface area contributed by atoms with Crippen molar-refractivity contribution in [3.8, 4) is 5.75 Å². The van der Waals surface area contributed by atoms with E-state index in [0.717, 1.165) is 38.8 Å². The molecule has 1 aliphatic heterocycles. The first-order valence-corrected chi connectivity index (χ1v) is 10.2. The molecule has 2 fully saturated rings. The van der Waals surface area contributed by atoms with Crippen LogP contribution in [0.2, 0.25) is 0 Å². The number of carbonyl (C=O) groups is 2. The molecule has 0 aromatic heterocycles. The number of likely N-dealkylation sites (tertiary alicyclic amines) is 1. The van der Waals surface area contributed by atoms with Crippen LogP contribution in [0.1, 0.15) is 51.9 Å². The number of piperidine rings is 1. The summed E-state index contributed by atoms with van der Waals surface area (Å²) < 4.78 is 0. The normalized spacial score (nSPS) is 20.8. The van der Waals surface area contributed by atoms with E-state index >= 15 is 0 Å². The van der Waals surface area contributed by atoms with Crippen LogP contribution < -0.4 is 10.6 Å². The molecule has 27 heavy (non-hydrogen) atoms. The minimum atomic E-state index is -0.158. The van der Waals surface area contributed by atoms with Gasteiger partial charge in [-0.3, -0.25) is 14.5 Å². The maximum Gasteiger partial charge on any atom is 0.237 e. The third-order valence-electron chi connectivity index (χ3n) is 5.94. The average molecular weight is 373 g/mol. The highest BCUT2D eigenvalue weighted by Gasteiger charge is 2.30. The molecular formula is C21H31N3O3. The summed E-state index contributed by atoms with van der Waals surface area (Å²) in [5, 5.41) is 15.8. The number of rotatable bonds is 5. The fourth-order valence-electron chi connectivity index (χ4n) is 4.10. The summed E-state index contributed by atoms with van der Waals surface area (Å²) in [6.45, 7) is 3.43. The molecule has 3 rings (SSSR count). The Labute approximate surface area is 161 Å². The number of carbonyl (C=O) groups excluding carboxylic acids is 2. The van der Waals surface area contributed by atoms with E-state index < -0.39 is 0 Å². The van der Waals surface area contributed by atoms with E-state index in [4.69, 9.17) is 0 Å². The number of aromatic hydroxyl groups is 1. The molecule has 1 aromatic rings. The number of phenols is 1. The van der Waals surface area contributed by atoms with Gasteiger partial charge in [-0.25, -0.2) is 0 Å². The quantitative estimate of drug-likeness (QED) is 0.693. The predicted molar refractivity (Wildman–Crippen MR) is 106 cm³/mol. The van der Waals surface area contributed by atoms with Crippen LogP contribution in [0, 0.1) is 5.92 Å². The second-order valence-corrected chi connectivity index (χ2v) is 7.84. The van der Waals surface area contributed by atoms with Crippen molar-refractivity contribution in [2.75, 3.05) is 18.4 Å². The number of nitrogens with zero attached hydrogens (tertiary/aromatic N) is 1. The molecule has 148 valence electrons. The fraction of sp³-hybridized carbons (Fsp3) is 0.619. The summed E-state index contributed by atoms with van der Waals surface area (Å²) in [7, 11) is 0. The zero-order valence-corrected chi connectivity index (χ0v) is 16.1. The Hall–Kier alpha value is -2.08. The van der Waals surface area contributed by atoms with Crippen molar-refractivity contribution in [3.05, 3.63) is 24.3 Å². The van der Waals surface area contributed by atoms with Crippen LogP contribution in [0.15, 0.2) is 24.3 Å². The lowest BCUT2D eigenvalue weighted by Crippen LogP contribution is -2.51. The third kappa shape index (κ3) is 5.22. The summed E-state index contributed by atoms with van der Waals surface area (Å²) in [6, 6.07) is 6.93. The van der Waals surface area contributed by atoms with Gasteiger partial charge in [-0.1, -0.05) is 31.4 Å². The standard InChI is InChI=1S/C21H31N3O3/c1-15(20(26)22-17-7-3-2-4-8-17)24-13-11-16(12-14-24)21(27)23-18-9-5-6-10-19(18)25/h5-6,9-10,15-17,25H,2-4,7-8,11-14H2,1H3,(H,22,26)(H,23,27)/t15-/m0/s1. The molecule has 2 aliphatic rings. The number of phenolic OH excluding ortho intramolecular Hbond substituents is 1. The van der Waals surface area contributed by atoms with Gasteiger partial charge in [0.2, 0.25) is 11.8 Å². The monoisotopic (exact) mass is 373 g/mol. The van der Waals surface area contributed by atoms with Crippen LogP contribution in [-0.4, -0.2) is 47.0 Å². The van der Waals surface area contributed by atoms with Gasteiger partial charge in [-0.2, -0.15) is 0 Å². The lowest BCUT2D eigenvalue weighted by Gasteiger charge is -2.35. The maximum absolute atomic E-state index is 12.5. The Morgan fingerprint density at radius 3 is 2.41 bits per heavy atom. The molecule has 0 radical (unpaired) electrons. The van der Waals surface area contributed by atoms with Crippen LogP contribution in [0.3, 0.4) is 0 Å². The molecule has 6 nitrogen and oxygen atoms in total. The Morgan fingerprint density at radius 2 is 1.74 bits per heavy atom. The van der Waals surface area contributed by atoms with Crippen LogP contribution in [0.4, 0.5) is 5.69 Å². The number of anilines is 1. The summed E-state index contributed by atoms with van der Waals surface area (Å²) in [6.07, 6.45) is 7.31. The number of para-hydroxylation sites is 2. The van der Waals surface area contributed by atoms with Gasteiger partial charge in [0.25, 0.3) is 0 Å². The van der Waals surface area contributed by atoms with Gasteiger partial charge in [0.05, 0.1) is 11.7 Å². The summed E-state index contributed by atoms with van der Waals surface area (Å²) >= 11 is 0. The van der Waals surface area contributed by atoms with Gasteiger partial charge >= 0.3 is 0 Å². The van der Waals surface area contributed by atoms with E-state index in [1.54, 1.807) is 24.3 Å². The van der Waals surface area contributed by atoms with E-state index in [1.807, 2.05) is 6.92 Å². The van der Waals surface area contributed by atoms with Crippen LogP contribution in [0.25, 0.3) is 0 Å². The fourth-order valence-corrected chi connectivity index (χ4v) is 4.10. The number of hydrogen-bond donors (Lipinski definition) is 3. The molecule has 1 aliphatic carbocycles. The molecule has 3 N–H and O–H groups in total. The SMILES string of the molecule is C[C@@H](C(=O)NC1CCCCC1)N1CCC(C(=O)Nc2ccccc2O)CC1. The minimum Gasteiger partial charge on any atom is -0.506 e. The molecule has 0 unspecified atom stereocenters. The maximum atomic E-state index is 12.5. The molecule has 2 amide bonds. The van der Waals surface area contributed by atoms with Crippen LogP contribution in [-0.2, 0) is 9.59 Å². The van der Waals surface area contributed by atoms with Gasteiger partial charge in [0, 0.05) is 12.0 Å². The number of nitrogens with one attached hydrogen (secondary N) is 2. The first-order valence-electron chi connectivity index (χ1n) is 10.2. The van der Waals surface area contributed by atoms with Crippen LogP contribution >= 0.6 is 0 Å². The summed E-state index contributed by atoms with van der Waals surface area (Å²) in [4.78, 5) is 27.2. The van der Waals surface area contributed by atoms with Gasteiger partial charge in [0.1, 0.15) is 5.75 Å². The highest BCUT2D eigenvalue weighted by molar-refractivity contribution is 5.94. The summed E-state index contributed by atoms with van der Waals surface area (Å²) in [5.74, 6) is 0.0419. The second-order valence-electron chi connectivity index (χ2n) is 7.84. The van der Waals surface area contributed by atoms with Gasteiger partial charge in [0.15, 0.2) is 0 Å². The number of benzene rings is 1. The molecule has 6 heteroatoms. The van der Waals surface area contributed by atoms with Gasteiger partial charge < -0.3 is 15.7 Å². The Morgan fingerprint density at radius 1 is 1.07 bits per heavy atom. The summed E-state index contributed by atoms with van der Waals surface area (Å²) in [5.41, 5.74) is 0.449. The minimum absolute atomic E-state index is 0.0598. The molecule has 0 spiro atoms. The van der Waals surface area contributed by atoms with Crippen molar-refractivity contribution in [2.24, 2.45) is 5.92 Å². The highest BCUT2D eigenvalue weighted by Crippen LogP contribution is 2.25. The van der Waals surface area contributed by atoms with E-state index in [-0.39, 0.29) is 29.5 Å². The van der Waals surface area contributed by atoms with E-state index in [2.05, 4.69) is 15.5 Å². The molecule has 1 aromatic carbocycles. The highest BCUT2D eigenvalue weighted by atomic mass is 16.3. The van der Waals surface area contributed by atoms with E-state index in [1.165, 1.54) is 19.3 Å². The molecule has 1 saturated carbocycles. The van der Waals surface area contributed by atoms with Crippen molar-refractivity contribution in [1.29, 1.82) is 0 Å². The largest absolute Gasteiger partial charge is 0.506 e. The molecule has 1 heterocycles. The predicted octanol–water partition coefficient (Wildman–Crippen LogP) is 2.88. The number of hydrogen-bond acceptors (Lipinski definition) is 4. The van der Waals surface area contributed by atoms with E-state index in [0.29, 0.717) is 11.7 Å². The second kappa shape index (κ2) is 9.22. The average Bonchev–Trinajstić information content (AvgIpc) is 2.70. The Balaban J connectivity index is 1.45. The van der Waals surface area contributed by atoms with Crippen LogP contribution in [0.5, 0.6) is 5.75 Å². The van der Waals surface area contributed by atoms with Crippen molar-refractivity contribution >= 4 is 17.5 Å². The first kappa shape index (κ1) is 19.7. The molecule has 0 bridgehead atoms. The van der Waals surface area contributed by atoms with Gasteiger partial charge in [-0.15, -0.1) is 0 Å². The third-order valence-corrected chi connectivity index (χ3v) is 5.94. The van der Waals surface area contributed by atoms with Gasteiger partial charge in [-0.05, 0) is 57.8 Å². The van der Waals surface area contributed by atoms with E-state index in [9.17, 15) is 14.7 Å². The Kier molecular flexibility index (Phi) is 6.72. The molecular weight excluding hydrogens is 342 g/mol. The number of amides is 2. The lowest BCUT2D eigenvalue weighted by atomic mass is 9.94.